The lowest BCUT2D eigenvalue weighted by atomic mass is 10.1. The second kappa shape index (κ2) is 6.96. The van der Waals surface area contributed by atoms with Crippen molar-refractivity contribution in [3.05, 3.63) is 59.7 Å². The Kier molecular flexibility index (Phi) is 5.02. The van der Waals surface area contributed by atoms with Gasteiger partial charge in [0.15, 0.2) is 0 Å². The molecule has 0 saturated heterocycles. The summed E-state index contributed by atoms with van der Waals surface area (Å²) in [4.78, 5) is 0. The molecule has 2 N–H and O–H groups in total. The van der Waals surface area contributed by atoms with E-state index in [1.165, 1.54) is 5.56 Å². The Morgan fingerprint density at radius 3 is 2.40 bits per heavy atom. The van der Waals surface area contributed by atoms with Crippen LogP contribution in [-0.4, -0.2) is 18.3 Å². The maximum absolute atomic E-state index is 9.34. The van der Waals surface area contributed by atoms with Crippen LogP contribution in [0.25, 0.3) is 0 Å². The number of benzene rings is 2. The van der Waals surface area contributed by atoms with Crippen molar-refractivity contribution in [3.8, 4) is 5.75 Å². The molecule has 0 aromatic heterocycles. The van der Waals surface area contributed by atoms with E-state index in [1.54, 1.807) is 7.11 Å². The van der Waals surface area contributed by atoms with E-state index in [2.05, 4.69) is 18.3 Å². The van der Waals surface area contributed by atoms with Gasteiger partial charge in [-0.15, -0.1) is 0 Å². The topological polar surface area (TPSA) is 41.5 Å². The molecule has 1 unspecified atom stereocenters. The summed E-state index contributed by atoms with van der Waals surface area (Å²) < 4.78 is 5.37. The number of aliphatic hydroxyl groups excluding tert-OH is 1. The van der Waals surface area contributed by atoms with E-state index >= 15 is 0 Å². The first-order chi connectivity index (χ1) is 9.74. The molecule has 0 aliphatic heterocycles. The van der Waals surface area contributed by atoms with Gasteiger partial charge in [-0.1, -0.05) is 36.4 Å². The van der Waals surface area contributed by atoms with Crippen LogP contribution < -0.4 is 10.1 Å². The van der Waals surface area contributed by atoms with Gasteiger partial charge in [-0.2, -0.15) is 0 Å². The molecule has 106 valence electrons. The molecule has 0 heterocycles. The molecular weight excluding hydrogens is 250 g/mol. The Balaban J connectivity index is 2.07. The Bertz CT molecular complexity index is 505. The number of nitrogens with one attached hydrogen (secondary N) is 1. The van der Waals surface area contributed by atoms with Crippen LogP contribution in [0.15, 0.2) is 48.5 Å². The summed E-state index contributed by atoms with van der Waals surface area (Å²) in [6.07, 6.45) is 0.865. The minimum Gasteiger partial charge on any atom is -0.496 e. The number of aliphatic hydroxyl groups is 1. The van der Waals surface area contributed by atoms with Gasteiger partial charge in [0.1, 0.15) is 5.75 Å². The smallest absolute Gasteiger partial charge is 0.122 e. The number of hydrogen-bond donors (Lipinski definition) is 2. The highest BCUT2D eigenvalue weighted by molar-refractivity contribution is 5.51. The van der Waals surface area contributed by atoms with E-state index in [1.807, 2.05) is 42.5 Å². The first-order valence-corrected chi connectivity index (χ1v) is 6.81. The fraction of sp³-hybridized carbons (Fsp3) is 0.294. The van der Waals surface area contributed by atoms with Crippen molar-refractivity contribution in [2.45, 2.75) is 26.0 Å². The third kappa shape index (κ3) is 3.52. The van der Waals surface area contributed by atoms with Crippen molar-refractivity contribution >= 4 is 5.69 Å². The largest absolute Gasteiger partial charge is 0.496 e. The molecular formula is C17H21NO2. The summed E-state index contributed by atoms with van der Waals surface area (Å²) in [6, 6.07) is 16.1. The van der Waals surface area contributed by atoms with Gasteiger partial charge < -0.3 is 15.2 Å². The average molecular weight is 271 g/mol. The van der Waals surface area contributed by atoms with Crippen molar-refractivity contribution in [3.63, 3.8) is 0 Å². The molecule has 0 spiro atoms. The molecule has 0 fully saturated rings. The van der Waals surface area contributed by atoms with Crippen molar-refractivity contribution in [2.24, 2.45) is 0 Å². The molecule has 1 atom stereocenters. The summed E-state index contributed by atoms with van der Waals surface area (Å²) in [5.41, 5.74) is 3.08. The fourth-order valence-electron chi connectivity index (χ4n) is 2.32. The predicted octanol–water partition coefficient (Wildman–Crippen LogP) is 3.23. The third-order valence-electron chi connectivity index (χ3n) is 3.31. The molecule has 0 radical (unpaired) electrons. The molecule has 0 amide bonds. The van der Waals surface area contributed by atoms with Gasteiger partial charge >= 0.3 is 0 Å². The van der Waals surface area contributed by atoms with Gasteiger partial charge in [0.25, 0.3) is 0 Å². The van der Waals surface area contributed by atoms with E-state index in [-0.39, 0.29) is 12.6 Å². The second-order valence-electron chi connectivity index (χ2n) is 4.88. The van der Waals surface area contributed by atoms with Gasteiger partial charge in [-0.3, -0.25) is 0 Å². The molecule has 2 aromatic carbocycles. The number of anilines is 1. The van der Waals surface area contributed by atoms with Crippen LogP contribution in [0.5, 0.6) is 5.75 Å². The summed E-state index contributed by atoms with van der Waals surface area (Å²) in [5, 5.41) is 12.8. The summed E-state index contributed by atoms with van der Waals surface area (Å²) in [6.45, 7) is 2.17. The number of rotatable bonds is 6. The Hall–Kier alpha value is -2.00. The van der Waals surface area contributed by atoms with Crippen LogP contribution in [-0.2, 0) is 13.0 Å². The normalized spacial score (nSPS) is 11.9. The molecule has 0 saturated carbocycles. The summed E-state index contributed by atoms with van der Waals surface area (Å²) in [5.74, 6) is 0.914. The zero-order chi connectivity index (χ0) is 14.4. The van der Waals surface area contributed by atoms with Gasteiger partial charge in [-0.25, -0.2) is 0 Å². The first kappa shape index (κ1) is 14.4. The van der Waals surface area contributed by atoms with Crippen molar-refractivity contribution in [1.82, 2.24) is 0 Å². The maximum atomic E-state index is 9.34. The van der Waals surface area contributed by atoms with E-state index in [0.717, 1.165) is 23.4 Å². The van der Waals surface area contributed by atoms with Gasteiger partial charge in [0, 0.05) is 17.3 Å². The zero-order valence-electron chi connectivity index (χ0n) is 12.0. The molecule has 2 aromatic rings. The fourth-order valence-corrected chi connectivity index (χ4v) is 2.32. The Morgan fingerprint density at radius 2 is 1.70 bits per heavy atom. The van der Waals surface area contributed by atoms with E-state index < -0.39 is 0 Å². The molecule has 3 nitrogen and oxygen atoms in total. The zero-order valence-corrected chi connectivity index (χ0v) is 12.0. The second-order valence-corrected chi connectivity index (χ2v) is 4.88. The van der Waals surface area contributed by atoms with Crippen LogP contribution >= 0.6 is 0 Å². The van der Waals surface area contributed by atoms with E-state index in [4.69, 9.17) is 4.74 Å². The molecule has 0 aliphatic carbocycles. The van der Waals surface area contributed by atoms with Crippen LogP contribution in [0, 0.1) is 0 Å². The molecule has 3 heteroatoms. The van der Waals surface area contributed by atoms with Crippen molar-refractivity contribution in [2.75, 3.05) is 12.4 Å². The number of methoxy groups -OCH3 is 1. The maximum Gasteiger partial charge on any atom is 0.122 e. The Labute approximate surface area is 120 Å². The lowest BCUT2D eigenvalue weighted by Gasteiger charge is -2.18. The van der Waals surface area contributed by atoms with Crippen LogP contribution in [0.3, 0.4) is 0 Å². The first-order valence-electron chi connectivity index (χ1n) is 6.81. The highest BCUT2D eigenvalue weighted by atomic mass is 16.5. The lowest BCUT2D eigenvalue weighted by Crippen LogP contribution is -2.19. The molecule has 20 heavy (non-hydrogen) atoms. The minimum atomic E-state index is 0.0462. The third-order valence-corrected chi connectivity index (χ3v) is 3.31. The summed E-state index contributed by atoms with van der Waals surface area (Å²) in [7, 11) is 1.69. The van der Waals surface area contributed by atoms with Crippen molar-refractivity contribution in [1.29, 1.82) is 0 Å². The molecule has 0 bridgehead atoms. The lowest BCUT2D eigenvalue weighted by molar-refractivity contribution is 0.282. The van der Waals surface area contributed by atoms with Gasteiger partial charge in [-0.05, 0) is 31.0 Å². The SMILES string of the molecule is COc1ccccc1CC(C)Nc1ccccc1CO. The average Bonchev–Trinajstić information content (AvgIpc) is 2.48. The predicted molar refractivity (Wildman–Crippen MR) is 82.1 cm³/mol. The molecule has 0 aliphatic rings. The van der Waals surface area contributed by atoms with E-state index in [0.29, 0.717) is 0 Å². The highest BCUT2D eigenvalue weighted by Gasteiger charge is 2.09. The quantitative estimate of drug-likeness (QED) is 0.847. The van der Waals surface area contributed by atoms with Crippen LogP contribution in [0.2, 0.25) is 0 Å². The van der Waals surface area contributed by atoms with Crippen LogP contribution in [0.4, 0.5) is 5.69 Å². The standard InChI is InChI=1S/C17H21NO2/c1-13(11-14-7-4-6-10-17(14)20-2)18-16-9-5-3-8-15(16)12-19/h3-10,13,18-19H,11-12H2,1-2H3. The van der Waals surface area contributed by atoms with E-state index in [9.17, 15) is 5.11 Å². The number of ether oxygens (including phenoxy) is 1. The highest BCUT2D eigenvalue weighted by Crippen LogP contribution is 2.21. The summed E-state index contributed by atoms with van der Waals surface area (Å²) >= 11 is 0. The Morgan fingerprint density at radius 1 is 1.05 bits per heavy atom. The minimum absolute atomic E-state index is 0.0462. The number of para-hydroxylation sites is 2. The molecule has 2 rings (SSSR count). The van der Waals surface area contributed by atoms with Gasteiger partial charge in [0.05, 0.1) is 13.7 Å². The monoisotopic (exact) mass is 271 g/mol. The number of hydrogen-bond acceptors (Lipinski definition) is 3. The van der Waals surface area contributed by atoms with Gasteiger partial charge in [0.2, 0.25) is 0 Å². The van der Waals surface area contributed by atoms with Crippen molar-refractivity contribution < 1.29 is 9.84 Å². The van der Waals surface area contributed by atoms with Crippen LogP contribution in [0.1, 0.15) is 18.1 Å².